The van der Waals surface area contributed by atoms with E-state index in [0.29, 0.717) is 25.1 Å². The monoisotopic (exact) mass is 535 g/mol. The van der Waals surface area contributed by atoms with Crippen LogP contribution in [0.25, 0.3) is 31.7 Å². The van der Waals surface area contributed by atoms with Gasteiger partial charge in [-0.15, -0.1) is 22.7 Å². The fourth-order valence-corrected chi connectivity index (χ4v) is 7.72. The topological polar surface area (TPSA) is 61.8 Å². The molecule has 3 aromatic heterocycles. The van der Waals surface area contributed by atoms with Crippen molar-refractivity contribution in [1.29, 1.82) is 0 Å². The number of benzene rings is 1. The highest BCUT2D eigenvalue weighted by atomic mass is 32.1. The van der Waals surface area contributed by atoms with E-state index in [1.54, 1.807) is 6.92 Å². The van der Waals surface area contributed by atoms with Crippen LogP contribution in [0.5, 0.6) is 0 Å². The fraction of sp³-hybridized carbons (Fsp3) is 0.464. The van der Waals surface area contributed by atoms with Crippen LogP contribution in [0.2, 0.25) is 0 Å². The summed E-state index contributed by atoms with van der Waals surface area (Å²) in [6.07, 6.45) is 2.42. The van der Waals surface area contributed by atoms with Crippen LogP contribution in [0.4, 0.5) is 5.82 Å². The number of rotatable bonds is 6. The lowest BCUT2D eigenvalue weighted by Gasteiger charge is -2.34. The van der Waals surface area contributed by atoms with Crippen molar-refractivity contribution in [2.24, 2.45) is 0 Å². The van der Waals surface area contributed by atoms with Gasteiger partial charge in [0.2, 0.25) is 0 Å². The van der Waals surface area contributed by atoms with Crippen molar-refractivity contribution in [1.82, 2.24) is 19.8 Å². The second-order valence-electron chi connectivity index (χ2n) is 10.2. The van der Waals surface area contributed by atoms with Gasteiger partial charge in [0.25, 0.3) is 0 Å². The zero-order valence-corrected chi connectivity index (χ0v) is 23.3. The van der Waals surface area contributed by atoms with E-state index >= 15 is 0 Å². The van der Waals surface area contributed by atoms with Gasteiger partial charge in [0.05, 0.1) is 28.3 Å². The second-order valence-corrected chi connectivity index (χ2v) is 12.4. The third-order valence-electron chi connectivity index (χ3n) is 7.52. The molecule has 37 heavy (non-hydrogen) atoms. The Balaban J connectivity index is 1.42. The first kappa shape index (κ1) is 24.9. The van der Waals surface area contributed by atoms with E-state index in [1.165, 1.54) is 29.1 Å². The van der Waals surface area contributed by atoms with Crippen LogP contribution in [0.1, 0.15) is 34.3 Å². The lowest BCUT2D eigenvalue weighted by atomic mass is 10.0. The molecule has 1 aromatic carbocycles. The normalized spacial score (nSPS) is 17.9. The maximum atomic E-state index is 12.7. The number of ketones is 1. The quantitative estimate of drug-likeness (QED) is 0.317. The molecule has 0 bridgehead atoms. The van der Waals surface area contributed by atoms with Gasteiger partial charge >= 0.3 is 0 Å². The van der Waals surface area contributed by atoms with Crippen molar-refractivity contribution in [3.05, 3.63) is 40.1 Å². The molecule has 0 unspecified atom stereocenters. The van der Waals surface area contributed by atoms with Gasteiger partial charge in [-0.25, -0.2) is 9.97 Å². The highest BCUT2D eigenvalue weighted by molar-refractivity contribution is 7.21. The number of hydrogen-bond donors (Lipinski definition) is 0. The Hall–Kier alpha value is -2.43. The van der Waals surface area contributed by atoms with E-state index in [0.717, 1.165) is 69.3 Å². The minimum absolute atomic E-state index is 0.0555. The van der Waals surface area contributed by atoms with Gasteiger partial charge in [0.15, 0.2) is 17.4 Å². The molecular weight excluding hydrogens is 502 g/mol. The molecule has 5 heterocycles. The molecule has 2 aliphatic heterocycles. The summed E-state index contributed by atoms with van der Waals surface area (Å²) in [5.41, 5.74) is 1.84. The summed E-state index contributed by atoms with van der Waals surface area (Å²) in [6.45, 7) is 7.82. The first-order chi connectivity index (χ1) is 18.0. The predicted octanol–water partition coefficient (Wildman–Crippen LogP) is 5.14. The number of nitrogens with zero attached hydrogens (tertiary/aromatic N) is 5. The number of hydrogen-bond acceptors (Lipinski definition) is 9. The zero-order chi connectivity index (χ0) is 25.5. The van der Waals surface area contributed by atoms with Crippen molar-refractivity contribution in [2.75, 3.05) is 58.4 Å². The van der Waals surface area contributed by atoms with Crippen LogP contribution < -0.4 is 4.90 Å². The van der Waals surface area contributed by atoms with Gasteiger partial charge in [-0.1, -0.05) is 18.2 Å². The summed E-state index contributed by atoms with van der Waals surface area (Å²) in [6, 6.07) is 11.1. The molecule has 0 radical (unpaired) electrons. The molecular formula is C28H33N5O2S2. The van der Waals surface area contributed by atoms with Crippen LogP contribution in [0.3, 0.4) is 0 Å². The average Bonchev–Trinajstić information content (AvgIpc) is 3.50. The Bertz CT molecular complexity index is 1430. The number of ether oxygens (including phenoxy) is 1. The molecule has 194 valence electrons. The molecule has 0 aliphatic carbocycles. The van der Waals surface area contributed by atoms with Gasteiger partial charge in [-0.2, -0.15) is 0 Å². The lowest BCUT2D eigenvalue weighted by molar-refractivity contribution is 0.102. The number of carbonyl (C=O) groups excluding carboxylic acids is 1. The Morgan fingerprint density at radius 2 is 1.84 bits per heavy atom. The summed E-state index contributed by atoms with van der Waals surface area (Å²) in [5, 5.41) is 1.05. The third kappa shape index (κ3) is 4.91. The molecule has 0 N–H and O–H groups in total. The first-order valence-corrected chi connectivity index (χ1v) is 14.7. The maximum Gasteiger partial charge on any atom is 0.170 e. The number of carbonyl (C=O) groups is 1. The van der Waals surface area contributed by atoms with Crippen molar-refractivity contribution in [2.45, 2.75) is 32.4 Å². The molecule has 4 aromatic rings. The summed E-state index contributed by atoms with van der Waals surface area (Å²) >= 11 is 3.35. The van der Waals surface area contributed by atoms with E-state index in [-0.39, 0.29) is 5.78 Å². The number of thiophene rings is 2. The van der Waals surface area contributed by atoms with Crippen LogP contribution in [-0.4, -0.2) is 85.1 Å². The number of fused-ring (bicyclic) bond motifs is 2. The van der Waals surface area contributed by atoms with Crippen LogP contribution in [0.15, 0.2) is 30.3 Å². The average molecular weight is 536 g/mol. The SMILES string of the molecule is CC(=O)c1sc2ccccc2c1-c1nc(N2CCOCC2)c2sc(CN3CCC(N(C)C)CC3)cc2n1. The van der Waals surface area contributed by atoms with Gasteiger partial charge in [-0.05, 0) is 46.0 Å². The smallest absolute Gasteiger partial charge is 0.170 e. The fourth-order valence-electron chi connectivity index (χ4n) is 5.47. The van der Waals surface area contributed by atoms with Gasteiger partial charge in [0, 0.05) is 59.3 Å². The summed E-state index contributed by atoms with van der Waals surface area (Å²) in [7, 11) is 4.37. The molecule has 0 atom stereocenters. The summed E-state index contributed by atoms with van der Waals surface area (Å²) < 4.78 is 7.86. The van der Waals surface area contributed by atoms with Gasteiger partial charge in [0.1, 0.15) is 0 Å². The molecule has 2 saturated heterocycles. The third-order valence-corrected chi connectivity index (χ3v) is 9.90. The largest absolute Gasteiger partial charge is 0.378 e. The van der Waals surface area contributed by atoms with Gasteiger partial charge < -0.3 is 14.5 Å². The van der Waals surface area contributed by atoms with Gasteiger partial charge in [-0.3, -0.25) is 9.69 Å². The first-order valence-electron chi connectivity index (χ1n) is 13.0. The van der Waals surface area contributed by atoms with Crippen molar-refractivity contribution < 1.29 is 9.53 Å². The van der Waals surface area contributed by atoms with E-state index in [4.69, 9.17) is 14.7 Å². The van der Waals surface area contributed by atoms with Crippen molar-refractivity contribution in [3.8, 4) is 11.4 Å². The molecule has 0 spiro atoms. The van der Waals surface area contributed by atoms with Crippen LogP contribution >= 0.6 is 22.7 Å². The molecule has 6 rings (SSSR count). The highest BCUT2D eigenvalue weighted by Gasteiger charge is 2.26. The molecule has 9 heteroatoms. The Morgan fingerprint density at radius 1 is 1.08 bits per heavy atom. The number of anilines is 1. The summed E-state index contributed by atoms with van der Waals surface area (Å²) in [4.78, 5) is 32.2. The number of Topliss-reactive ketones (excluding diaryl/α,β-unsaturated/α-hetero) is 1. The highest BCUT2D eigenvalue weighted by Crippen LogP contribution is 2.41. The van der Waals surface area contributed by atoms with Crippen molar-refractivity contribution in [3.63, 3.8) is 0 Å². The Labute approximate surface area is 225 Å². The van der Waals surface area contributed by atoms with E-state index < -0.39 is 0 Å². The predicted molar refractivity (Wildman–Crippen MR) is 153 cm³/mol. The minimum atomic E-state index is 0.0555. The number of likely N-dealkylation sites (tertiary alicyclic amines) is 1. The molecule has 2 aliphatic rings. The zero-order valence-electron chi connectivity index (χ0n) is 21.7. The number of aromatic nitrogens is 2. The lowest BCUT2D eigenvalue weighted by Crippen LogP contribution is -2.41. The second kappa shape index (κ2) is 10.4. The van der Waals surface area contributed by atoms with E-state index in [9.17, 15) is 4.79 Å². The maximum absolute atomic E-state index is 12.7. The molecule has 0 saturated carbocycles. The minimum Gasteiger partial charge on any atom is -0.378 e. The standard InChI is InChI=1S/C28H33N5O2S2/c1-18(34)25-24(21-6-4-5-7-23(21)37-25)27-29-22-16-20(17-32-10-8-19(9-11-32)31(2)3)36-26(22)28(30-27)33-12-14-35-15-13-33/h4-7,16,19H,8-15,17H2,1-3H3. The Morgan fingerprint density at radius 3 is 2.57 bits per heavy atom. The van der Waals surface area contributed by atoms with Crippen molar-refractivity contribution >= 4 is 54.6 Å². The van der Waals surface area contributed by atoms with Crippen LogP contribution in [-0.2, 0) is 11.3 Å². The molecule has 2 fully saturated rings. The number of piperidine rings is 1. The van der Waals surface area contributed by atoms with E-state index in [1.807, 2.05) is 23.5 Å². The Kier molecular flexibility index (Phi) is 6.98. The van der Waals surface area contributed by atoms with Crippen LogP contribution in [0, 0.1) is 0 Å². The molecule has 0 amide bonds. The van der Waals surface area contributed by atoms with E-state index in [2.05, 4.69) is 47.0 Å². The molecule has 7 nitrogen and oxygen atoms in total. The number of morpholine rings is 1. The summed E-state index contributed by atoms with van der Waals surface area (Å²) in [5.74, 6) is 1.67.